The minimum absolute atomic E-state index is 0.0271. The Morgan fingerprint density at radius 1 is 1.50 bits per heavy atom. The predicted octanol–water partition coefficient (Wildman–Crippen LogP) is 0.306. The normalized spacial score (nSPS) is 27.6. The maximum absolute atomic E-state index is 12.0. The fourth-order valence-electron chi connectivity index (χ4n) is 2.18. The molecule has 2 N–H and O–H groups in total. The summed E-state index contributed by atoms with van der Waals surface area (Å²) in [6.07, 6.45) is 1.75. The van der Waals surface area contributed by atoms with Crippen LogP contribution in [0, 0.1) is 5.92 Å². The number of likely N-dealkylation sites (N-methyl/N-ethyl adjacent to an activating group) is 1. The Kier molecular flexibility index (Phi) is 4.29. The van der Waals surface area contributed by atoms with Crippen LogP contribution in [-0.2, 0) is 9.59 Å². The number of likely N-dealkylation sites (tertiary alicyclic amines) is 1. The molecular weight excluding hydrogens is 208 g/mol. The van der Waals surface area contributed by atoms with Crippen LogP contribution in [0.15, 0.2) is 0 Å². The summed E-state index contributed by atoms with van der Waals surface area (Å²) in [7, 11) is 1.70. The number of piperidine rings is 1. The summed E-state index contributed by atoms with van der Waals surface area (Å²) < 4.78 is 0. The number of carbonyl (C=O) groups is 2. The van der Waals surface area contributed by atoms with Crippen molar-refractivity contribution in [3.8, 4) is 0 Å². The van der Waals surface area contributed by atoms with Crippen LogP contribution in [-0.4, -0.2) is 47.6 Å². The molecule has 1 fully saturated rings. The number of amides is 1. The molecule has 1 amide bonds. The third-order valence-corrected chi connectivity index (χ3v) is 3.27. The van der Waals surface area contributed by atoms with E-state index in [-0.39, 0.29) is 17.9 Å². The first kappa shape index (κ1) is 13.0. The highest BCUT2D eigenvalue weighted by Crippen LogP contribution is 2.24. The second-order valence-corrected chi connectivity index (χ2v) is 4.44. The highest BCUT2D eigenvalue weighted by Gasteiger charge is 2.37. The van der Waals surface area contributed by atoms with Crippen molar-refractivity contribution >= 4 is 11.9 Å². The van der Waals surface area contributed by atoms with Gasteiger partial charge in [0.25, 0.3) is 0 Å². The van der Waals surface area contributed by atoms with Gasteiger partial charge in [-0.3, -0.25) is 4.79 Å². The van der Waals surface area contributed by atoms with Gasteiger partial charge in [0.2, 0.25) is 5.91 Å². The summed E-state index contributed by atoms with van der Waals surface area (Å²) in [5.74, 6) is -0.996. The maximum Gasteiger partial charge on any atom is 0.326 e. The summed E-state index contributed by atoms with van der Waals surface area (Å²) >= 11 is 0. The second-order valence-electron chi connectivity index (χ2n) is 4.44. The number of hydrogen-bond acceptors (Lipinski definition) is 3. The van der Waals surface area contributed by atoms with Crippen molar-refractivity contribution in [3.63, 3.8) is 0 Å². The molecule has 1 rings (SSSR count). The van der Waals surface area contributed by atoms with Gasteiger partial charge in [-0.05, 0) is 32.7 Å². The molecule has 1 aliphatic heterocycles. The van der Waals surface area contributed by atoms with Crippen molar-refractivity contribution in [1.82, 2.24) is 10.2 Å². The van der Waals surface area contributed by atoms with Crippen molar-refractivity contribution in [2.75, 3.05) is 13.6 Å². The molecule has 0 aromatic rings. The SMILES string of the molecule is CNC(C)C(=O)N1CCCC(C)C1C(=O)O. The summed E-state index contributed by atoms with van der Waals surface area (Å²) in [6.45, 7) is 4.19. The standard InChI is InChI=1S/C11H20N2O3/c1-7-5-4-6-13(9(7)11(15)16)10(14)8(2)12-3/h7-9,12H,4-6H2,1-3H3,(H,15,16). The Morgan fingerprint density at radius 2 is 2.12 bits per heavy atom. The van der Waals surface area contributed by atoms with Gasteiger partial charge in [-0.1, -0.05) is 6.92 Å². The zero-order valence-electron chi connectivity index (χ0n) is 10.1. The van der Waals surface area contributed by atoms with E-state index in [0.29, 0.717) is 6.54 Å². The van der Waals surface area contributed by atoms with Crippen molar-refractivity contribution in [2.45, 2.75) is 38.8 Å². The molecule has 0 radical (unpaired) electrons. The van der Waals surface area contributed by atoms with Gasteiger partial charge in [-0.25, -0.2) is 4.79 Å². The van der Waals surface area contributed by atoms with Crippen LogP contribution in [0.25, 0.3) is 0 Å². The number of carboxylic acids is 1. The van der Waals surface area contributed by atoms with E-state index in [0.717, 1.165) is 12.8 Å². The minimum Gasteiger partial charge on any atom is -0.480 e. The molecule has 0 saturated carbocycles. The second kappa shape index (κ2) is 5.30. The Morgan fingerprint density at radius 3 is 2.62 bits per heavy atom. The van der Waals surface area contributed by atoms with E-state index in [1.54, 1.807) is 14.0 Å². The molecule has 5 heteroatoms. The average molecular weight is 228 g/mol. The third kappa shape index (κ3) is 2.52. The zero-order valence-corrected chi connectivity index (χ0v) is 10.1. The quantitative estimate of drug-likeness (QED) is 0.729. The first-order valence-electron chi connectivity index (χ1n) is 5.69. The van der Waals surface area contributed by atoms with Crippen LogP contribution in [0.2, 0.25) is 0 Å². The van der Waals surface area contributed by atoms with Gasteiger partial charge in [-0.15, -0.1) is 0 Å². The maximum atomic E-state index is 12.0. The Bertz CT molecular complexity index is 280. The molecule has 0 aliphatic carbocycles. The summed E-state index contributed by atoms with van der Waals surface area (Å²) in [6, 6.07) is -0.996. The molecule has 3 unspecified atom stereocenters. The molecule has 0 aromatic carbocycles. The molecule has 1 saturated heterocycles. The van der Waals surface area contributed by atoms with E-state index in [1.807, 2.05) is 6.92 Å². The fraction of sp³-hybridized carbons (Fsp3) is 0.818. The van der Waals surface area contributed by atoms with Crippen molar-refractivity contribution in [1.29, 1.82) is 0 Å². The highest BCUT2D eigenvalue weighted by atomic mass is 16.4. The lowest BCUT2D eigenvalue weighted by atomic mass is 9.90. The first-order valence-corrected chi connectivity index (χ1v) is 5.69. The summed E-state index contributed by atoms with van der Waals surface area (Å²) in [5, 5.41) is 12.0. The molecule has 92 valence electrons. The number of carbonyl (C=O) groups excluding carboxylic acids is 1. The van der Waals surface area contributed by atoms with Gasteiger partial charge in [-0.2, -0.15) is 0 Å². The van der Waals surface area contributed by atoms with Crippen LogP contribution in [0.1, 0.15) is 26.7 Å². The van der Waals surface area contributed by atoms with E-state index in [4.69, 9.17) is 5.11 Å². The lowest BCUT2D eigenvalue weighted by molar-refractivity contribution is -0.155. The summed E-state index contributed by atoms with van der Waals surface area (Å²) in [4.78, 5) is 24.7. The van der Waals surface area contributed by atoms with Gasteiger partial charge in [0.1, 0.15) is 6.04 Å². The summed E-state index contributed by atoms with van der Waals surface area (Å²) in [5.41, 5.74) is 0. The topological polar surface area (TPSA) is 69.6 Å². The van der Waals surface area contributed by atoms with Crippen molar-refractivity contribution in [2.24, 2.45) is 5.92 Å². The number of rotatable bonds is 3. The van der Waals surface area contributed by atoms with Crippen molar-refractivity contribution < 1.29 is 14.7 Å². The Balaban J connectivity index is 2.83. The third-order valence-electron chi connectivity index (χ3n) is 3.27. The van der Waals surface area contributed by atoms with E-state index in [1.165, 1.54) is 4.90 Å². The van der Waals surface area contributed by atoms with Crippen molar-refractivity contribution in [3.05, 3.63) is 0 Å². The monoisotopic (exact) mass is 228 g/mol. The van der Waals surface area contributed by atoms with E-state index in [2.05, 4.69) is 5.32 Å². The van der Waals surface area contributed by atoms with Gasteiger partial charge in [0.05, 0.1) is 6.04 Å². The van der Waals surface area contributed by atoms with E-state index in [9.17, 15) is 9.59 Å². The lowest BCUT2D eigenvalue weighted by Gasteiger charge is -2.38. The molecular formula is C11H20N2O3. The van der Waals surface area contributed by atoms with Gasteiger partial charge < -0.3 is 15.3 Å². The molecule has 0 aromatic heterocycles. The fourth-order valence-corrected chi connectivity index (χ4v) is 2.18. The predicted molar refractivity (Wildman–Crippen MR) is 60.1 cm³/mol. The van der Waals surface area contributed by atoms with Gasteiger partial charge in [0.15, 0.2) is 0 Å². The molecule has 16 heavy (non-hydrogen) atoms. The smallest absolute Gasteiger partial charge is 0.326 e. The number of aliphatic carboxylic acids is 1. The number of nitrogens with one attached hydrogen (secondary N) is 1. The Hall–Kier alpha value is -1.10. The van der Waals surface area contributed by atoms with E-state index >= 15 is 0 Å². The van der Waals surface area contributed by atoms with Crippen LogP contribution >= 0.6 is 0 Å². The zero-order chi connectivity index (χ0) is 12.3. The molecule has 1 heterocycles. The average Bonchev–Trinajstić information content (AvgIpc) is 2.26. The first-order chi connectivity index (χ1) is 7.49. The molecule has 0 bridgehead atoms. The molecule has 0 spiro atoms. The Labute approximate surface area is 95.8 Å². The van der Waals surface area contributed by atoms with Crippen LogP contribution < -0.4 is 5.32 Å². The van der Waals surface area contributed by atoms with Crippen LogP contribution in [0.4, 0.5) is 0 Å². The molecule has 3 atom stereocenters. The number of carboxylic acid groups (broad SMARTS) is 1. The molecule has 5 nitrogen and oxygen atoms in total. The largest absolute Gasteiger partial charge is 0.480 e. The number of nitrogens with zero attached hydrogens (tertiary/aromatic N) is 1. The van der Waals surface area contributed by atoms with Crippen LogP contribution in [0.5, 0.6) is 0 Å². The number of hydrogen-bond donors (Lipinski definition) is 2. The van der Waals surface area contributed by atoms with Gasteiger partial charge in [0, 0.05) is 6.54 Å². The van der Waals surface area contributed by atoms with Crippen LogP contribution in [0.3, 0.4) is 0 Å². The van der Waals surface area contributed by atoms with Gasteiger partial charge >= 0.3 is 5.97 Å². The van der Waals surface area contributed by atoms with E-state index < -0.39 is 12.0 Å². The molecule has 1 aliphatic rings. The highest BCUT2D eigenvalue weighted by molar-refractivity contribution is 5.87. The minimum atomic E-state index is -0.899. The lowest BCUT2D eigenvalue weighted by Crippen LogP contribution is -2.56.